The van der Waals surface area contributed by atoms with Gasteiger partial charge in [0.2, 0.25) is 5.91 Å². The van der Waals surface area contributed by atoms with Gasteiger partial charge in [0, 0.05) is 39.4 Å². The highest BCUT2D eigenvalue weighted by Crippen LogP contribution is 2.33. The normalized spacial score (nSPS) is 28.6. The van der Waals surface area contributed by atoms with Crippen LogP contribution in [0.3, 0.4) is 0 Å². The molecule has 0 bridgehead atoms. The van der Waals surface area contributed by atoms with Crippen LogP contribution in [0.5, 0.6) is 0 Å². The minimum Gasteiger partial charge on any atom is -0.381 e. The van der Waals surface area contributed by atoms with Crippen molar-refractivity contribution in [2.75, 3.05) is 39.4 Å². The molecule has 0 aromatic heterocycles. The Kier molecular flexibility index (Phi) is 3.26. The van der Waals surface area contributed by atoms with E-state index in [0.717, 1.165) is 0 Å². The van der Waals surface area contributed by atoms with Crippen LogP contribution in [-0.4, -0.2) is 67.2 Å². The summed E-state index contributed by atoms with van der Waals surface area (Å²) in [5.41, 5.74) is -0.934. The molecule has 1 atom stereocenters. The van der Waals surface area contributed by atoms with Crippen molar-refractivity contribution in [2.45, 2.75) is 18.9 Å². The second-order valence-electron chi connectivity index (χ2n) is 5.59. The number of hydrogen-bond donors (Lipinski definition) is 1. The highest BCUT2D eigenvalue weighted by atomic mass is 16.5. The third-order valence-corrected chi connectivity index (χ3v) is 4.49. The predicted molar refractivity (Wildman–Crippen MR) is 68.6 cm³/mol. The first-order valence-electron chi connectivity index (χ1n) is 6.99. The Hall–Kier alpha value is -1.81. The van der Waals surface area contributed by atoms with Crippen molar-refractivity contribution in [1.82, 2.24) is 15.1 Å². The summed E-state index contributed by atoms with van der Waals surface area (Å²) in [4.78, 5) is 27.8. The fraction of sp³-hybridized carbons (Fsp3) is 0.769. The van der Waals surface area contributed by atoms with Gasteiger partial charge in [0.15, 0.2) is 0 Å². The van der Waals surface area contributed by atoms with Crippen LogP contribution in [-0.2, 0) is 9.53 Å². The van der Waals surface area contributed by atoms with Gasteiger partial charge in [-0.05, 0) is 12.8 Å². The molecule has 0 spiro atoms. The van der Waals surface area contributed by atoms with Crippen LogP contribution in [0, 0.1) is 16.7 Å². The molecule has 3 saturated heterocycles. The molecule has 20 heavy (non-hydrogen) atoms. The lowest BCUT2D eigenvalue weighted by atomic mass is 9.80. The van der Waals surface area contributed by atoms with Crippen molar-refractivity contribution in [3.63, 3.8) is 0 Å². The average molecular weight is 278 g/mol. The van der Waals surface area contributed by atoms with Gasteiger partial charge in [0.05, 0.1) is 12.1 Å². The number of carbonyl (C=O) groups excluding carboxylic acids is 2. The van der Waals surface area contributed by atoms with E-state index in [9.17, 15) is 14.9 Å². The number of fused-ring (bicyclic) bond motifs is 1. The average Bonchev–Trinajstić information content (AvgIpc) is 2.88. The van der Waals surface area contributed by atoms with E-state index in [4.69, 9.17) is 4.74 Å². The van der Waals surface area contributed by atoms with E-state index in [2.05, 4.69) is 11.4 Å². The SMILES string of the molecule is N#CC1(C(=O)N2CCN3C(=O)NCC3C2)CCOCC1. The Morgan fingerprint density at radius 1 is 1.40 bits per heavy atom. The largest absolute Gasteiger partial charge is 0.381 e. The van der Waals surface area contributed by atoms with Crippen LogP contribution in [0.15, 0.2) is 0 Å². The lowest BCUT2D eigenvalue weighted by Crippen LogP contribution is -2.57. The van der Waals surface area contributed by atoms with Crippen LogP contribution >= 0.6 is 0 Å². The third-order valence-electron chi connectivity index (χ3n) is 4.49. The molecule has 3 amide bonds. The molecule has 7 nitrogen and oxygen atoms in total. The molecule has 0 aromatic rings. The second kappa shape index (κ2) is 4.94. The smallest absolute Gasteiger partial charge is 0.317 e. The summed E-state index contributed by atoms with van der Waals surface area (Å²) in [6.45, 7) is 3.06. The number of urea groups is 1. The van der Waals surface area contributed by atoms with E-state index in [1.165, 1.54) is 0 Å². The second-order valence-corrected chi connectivity index (χ2v) is 5.59. The highest BCUT2D eigenvalue weighted by Gasteiger charge is 2.46. The fourth-order valence-corrected chi connectivity index (χ4v) is 3.18. The molecule has 0 radical (unpaired) electrons. The first-order valence-corrected chi connectivity index (χ1v) is 6.99. The molecular formula is C13H18N4O3. The van der Waals surface area contributed by atoms with Crippen molar-refractivity contribution >= 4 is 11.9 Å². The summed E-state index contributed by atoms with van der Waals surface area (Å²) in [6.07, 6.45) is 0.925. The van der Waals surface area contributed by atoms with Crippen LogP contribution in [0.2, 0.25) is 0 Å². The number of ether oxygens (including phenoxy) is 1. The van der Waals surface area contributed by atoms with Gasteiger partial charge >= 0.3 is 6.03 Å². The van der Waals surface area contributed by atoms with Gasteiger partial charge in [0.25, 0.3) is 0 Å². The third kappa shape index (κ3) is 2.00. The number of piperazine rings is 1. The Bertz CT molecular complexity index is 467. The molecule has 0 saturated carbocycles. The van der Waals surface area contributed by atoms with Crippen LogP contribution < -0.4 is 5.32 Å². The molecular weight excluding hydrogens is 260 g/mol. The first kappa shape index (κ1) is 13.2. The monoisotopic (exact) mass is 278 g/mol. The maximum atomic E-state index is 12.7. The van der Waals surface area contributed by atoms with Gasteiger partial charge in [-0.3, -0.25) is 4.79 Å². The number of rotatable bonds is 1. The maximum Gasteiger partial charge on any atom is 0.317 e. The zero-order valence-electron chi connectivity index (χ0n) is 11.3. The highest BCUT2D eigenvalue weighted by molar-refractivity contribution is 5.86. The Balaban J connectivity index is 1.72. The summed E-state index contributed by atoms with van der Waals surface area (Å²) in [5.74, 6) is -0.0951. The van der Waals surface area contributed by atoms with Gasteiger partial charge < -0.3 is 19.9 Å². The minimum absolute atomic E-state index is 0.0378. The summed E-state index contributed by atoms with van der Waals surface area (Å²) in [5, 5.41) is 12.2. The van der Waals surface area contributed by atoms with Crippen LogP contribution in [0.25, 0.3) is 0 Å². The number of hydrogen-bond acceptors (Lipinski definition) is 4. The van der Waals surface area contributed by atoms with Crippen molar-refractivity contribution in [2.24, 2.45) is 5.41 Å². The van der Waals surface area contributed by atoms with E-state index in [0.29, 0.717) is 52.2 Å². The molecule has 3 rings (SSSR count). The van der Waals surface area contributed by atoms with Gasteiger partial charge in [0.1, 0.15) is 5.41 Å². The quantitative estimate of drug-likeness (QED) is 0.703. The predicted octanol–water partition coefficient (Wildman–Crippen LogP) is -0.457. The van der Waals surface area contributed by atoms with Gasteiger partial charge in [-0.1, -0.05) is 0 Å². The number of carbonyl (C=O) groups is 2. The molecule has 3 fully saturated rings. The fourth-order valence-electron chi connectivity index (χ4n) is 3.18. The lowest BCUT2D eigenvalue weighted by Gasteiger charge is -2.40. The van der Waals surface area contributed by atoms with E-state index < -0.39 is 5.41 Å². The van der Waals surface area contributed by atoms with E-state index in [1.54, 1.807) is 9.80 Å². The van der Waals surface area contributed by atoms with Gasteiger partial charge in [-0.15, -0.1) is 0 Å². The molecule has 1 N–H and O–H groups in total. The number of nitriles is 1. The first-order chi connectivity index (χ1) is 9.66. The minimum atomic E-state index is -0.934. The maximum absolute atomic E-state index is 12.7. The standard InChI is InChI=1S/C13H18N4O3/c14-9-13(1-5-20-6-2-13)11(18)16-3-4-17-10(8-16)7-15-12(17)19/h10H,1-8H2,(H,15,19). The van der Waals surface area contributed by atoms with E-state index in [1.807, 2.05) is 0 Å². The molecule has 0 aliphatic carbocycles. The Morgan fingerprint density at radius 3 is 2.85 bits per heavy atom. The Labute approximate surface area is 117 Å². The van der Waals surface area contributed by atoms with Crippen molar-refractivity contribution in [1.29, 1.82) is 5.26 Å². The summed E-state index contributed by atoms with van der Waals surface area (Å²) < 4.78 is 5.26. The van der Waals surface area contributed by atoms with Gasteiger partial charge in [-0.2, -0.15) is 5.26 Å². The van der Waals surface area contributed by atoms with Crippen molar-refractivity contribution < 1.29 is 14.3 Å². The zero-order chi connectivity index (χ0) is 14.2. The number of amides is 3. The summed E-state index contributed by atoms with van der Waals surface area (Å²) in [6, 6.07) is 2.20. The molecule has 3 aliphatic rings. The topological polar surface area (TPSA) is 85.7 Å². The molecule has 3 heterocycles. The number of nitrogens with one attached hydrogen (secondary N) is 1. The lowest BCUT2D eigenvalue weighted by molar-refractivity contribution is -0.145. The molecule has 0 aromatic carbocycles. The zero-order valence-corrected chi connectivity index (χ0v) is 11.3. The van der Waals surface area contributed by atoms with Crippen LogP contribution in [0.1, 0.15) is 12.8 Å². The molecule has 108 valence electrons. The van der Waals surface area contributed by atoms with Crippen molar-refractivity contribution in [3.05, 3.63) is 0 Å². The summed E-state index contributed by atoms with van der Waals surface area (Å²) in [7, 11) is 0. The van der Waals surface area contributed by atoms with E-state index >= 15 is 0 Å². The molecule has 3 aliphatic heterocycles. The molecule has 1 unspecified atom stereocenters. The van der Waals surface area contributed by atoms with E-state index in [-0.39, 0.29) is 18.0 Å². The summed E-state index contributed by atoms with van der Waals surface area (Å²) >= 11 is 0. The van der Waals surface area contributed by atoms with Crippen molar-refractivity contribution in [3.8, 4) is 6.07 Å². The Morgan fingerprint density at radius 2 is 2.15 bits per heavy atom. The molecule has 7 heteroatoms. The van der Waals surface area contributed by atoms with Gasteiger partial charge in [-0.25, -0.2) is 4.79 Å². The number of nitrogens with zero attached hydrogens (tertiary/aromatic N) is 3. The van der Waals surface area contributed by atoms with Crippen LogP contribution in [0.4, 0.5) is 4.79 Å².